The maximum absolute atomic E-state index is 12.2. The fourth-order valence-electron chi connectivity index (χ4n) is 1.46. The van der Waals surface area contributed by atoms with Crippen LogP contribution in [-0.4, -0.2) is 16.0 Å². The van der Waals surface area contributed by atoms with E-state index in [9.17, 15) is 13.6 Å². The van der Waals surface area contributed by atoms with Crippen molar-refractivity contribution in [3.8, 4) is 0 Å². The normalized spacial score (nSPS) is 11.2. The van der Waals surface area contributed by atoms with Gasteiger partial charge in [0, 0.05) is 5.69 Å². The number of alkyl halides is 2. The second kappa shape index (κ2) is 3.88. The highest BCUT2D eigenvalue weighted by Gasteiger charge is 2.08. The first-order valence-corrected chi connectivity index (χ1v) is 4.61. The van der Waals surface area contributed by atoms with Crippen LogP contribution in [0.3, 0.4) is 0 Å². The van der Waals surface area contributed by atoms with Crippen molar-refractivity contribution in [2.75, 3.05) is 5.73 Å². The van der Waals surface area contributed by atoms with Crippen LogP contribution in [0.25, 0.3) is 10.9 Å². The molecule has 2 N–H and O–H groups in total. The SMILES string of the molecule is Nc1ccc2ncn(CC(F)F)c(=O)c2c1. The molecule has 16 heavy (non-hydrogen) atoms. The number of aromatic nitrogens is 2. The van der Waals surface area contributed by atoms with Crippen molar-refractivity contribution in [1.29, 1.82) is 0 Å². The van der Waals surface area contributed by atoms with E-state index in [-0.39, 0.29) is 5.39 Å². The Morgan fingerprint density at radius 1 is 1.44 bits per heavy atom. The Morgan fingerprint density at radius 2 is 2.19 bits per heavy atom. The van der Waals surface area contributed by atoms with E-state index in [1.54, 1.807) is 12.1 Å². The summed E-state index contributed by atoms with van der Waals surface area (Å²) in [7, 11) is 0. The molecular formula is C10H9F2N3O. The van der Waals surface area contributed by atoms with E-state index in [1.807, 2.05) is 0 Å². The van der Waals surface area contributed by atoms with Crippen LogP contribution < -0.4 is 11.3 Å². The summed E-state index contributed by atoms with van der Waals surface area (Å²) in [5, 5.41) is 0.253. The third-order valence-corrected chi connectivity index (χ3v) is 2.18. The van der Waals surface area contributed by atoms with Gasteiger partial charge in [-0.3, -0.25) is 9.36 Å². The van der Waals surface area contributed by atoms with Crippen molar-refractivity contribution in [3.05, 3.63) is 34.9 Å². The van der Waals surface area contributed by atoms with Crippen LogP contribution in [0.4, 0.5) is 14.5 Å². The standard InChI is InChI=1S/C10H9F2N3O/c11-9(12)4-15-5-14-8-2-1-6(13)3-7(8)10(15)16/h1-3,5,9H,4,13H2. The first-order valence-electron chi connectivity index (χ1n) is 4.61. The molecule has 0 amide bonds. The summed E-state index contributed by atoms with van der Waals surface area (Å²) in [5.74, 6) is 0. The van der Waals surface area contributed by atoms with Gasteiger partial charge in [-0.2, -0.15) is 0 Å². The number of hydrogen-bond acceptors (Lipinski definition) is 3. The molecule has 1 heterocycles. The molecule has 0 saturated carbocycles. The van der Waals surface area contributed by atoms with E-state index >= 15 is 0 Å². The molecule has 84 valence electrons. The van der Waals surface area contributed by atoms with E-state index in [1.165, 1.54) is 6.07 Å². The number of hydrogen-bond donors (Lipinski definition) is 1. The van der Waals surface area contributed by atoms with Crippen LogP contribution in [-0.2, 0) is 6.54 Å². The molecule has 0 saturated heterocycles. The fraction of sp³-hybridized carbons (Fsp3) is 0.200. The lowest BCUT2D eigenvalue weighted by Crippen LogP contribution is -2.23. The van der Waals surface area contributed by atoms with Crippen LogP contribution >= 0.6 is 0 Å². The van der Waals surface area contributed by atoms with E-state index in [2.05, 4.69) is 4.98 Å². The maximum atomic E-state index is 12.2. The molecule has 0 aliphatic rings. The van der Waals surface area contributed by atoms with Gasteiger partial charge in [0.05, 0.1) is 23.8 Å². The third kappa shape index (κ3) is 1.86. The van der Waals surface area contributed by atoms with Crippen molar-refractivity contribution in [2.45, 2.75) is 13.0 Å². The summed E-state index contributed by atoms with van der Waals surface area (Å²) >= 11 is 0. The minimum Gasteiger partial charge on any atom is -0.399 e. The molecule has 4 nitrogen and oxygen atoms in total. The van der Waals surface area contributed by atoms with Gasteiger partial charge in [0.15, 0.2) is 0 Å². The van der Waals surface area contributed by atoms with Gasteiger partial charge >= 0.3 is 0 Å². The number of benzene rings is 1. The number of fused-ring (bicyclic) bond motifs is 1. The predicted octanol–water partition coefficient (Wildman–Crippen LogP) is 1.24. The molecule has 0 aliphatic heterocycles. The first-order chi connectivity index (χ1) is 7.58. The maximum Gasteiger partial charge on any atom is 0.261 e. The summed E-state index contributed by atoms with van der Waals surface area (Å²) in [4.78, 5) is 15.7. The van der Waals surface area contributed by atoms with Crippen LogP contribution in [0.15, 0.2) is 29.3 Å². The van der Waals surface area contributed by atoms with Gasteiger partial charge < -0.3 is 5.73 Å². The topological polar surface area (TPSA) is 60.9 Å². The minimum absolute atomic E-state index is 0.253. The predicted molar refractivity (Wildman–Crippen MR) is 56.4 cm³/mol. The largest absolute Gasteiger partial charge is 0.399 e. The molecular weight excluding hydrogens is 216 g/mol. The minimum atomic E-state index is -2.59. The molecule has 0 unspecified atom stereocenters. The Balaban J connectivity index is 2.64. The Labute approximate surface area is 89.3 Å². The zero-order chi connectivity index (χ0) is 11.7. The number of anilines is 1. The summed E-state index contributed by atoms with van der Waals surface area (Å²) in [6.45, 7) is -0.656. The van der Waals surface area contributed by atoms with Crippen LogP contribution in [0.2, 0.25) is 0 Å². The van der Waals surface area contributed by atoms with Gasteiger partial charge in [0.2, 0.25) is 0 Å². The van der Waals surface area contributed by atoms with Gasteiger partial charge in [-0.05, 0) is 18.2 Å². The Bertz CT molecular complexity index is 580. The Morgan fingerprint density at radius 3 is 2.88 bits per heavy atom. The average Bonchev–Trinajstić information content (AvgIpc) is 2.22. The molecule has 1 aromatic carbocycles. The quantitative estimate of drug-likeness (QED) is 0.782. The third-order valence-electron chi connectivity index (χ3n) is 2.18. The van der Waals surface area contributed by atoms with Crippen molar-refractivity contribution in [1.82, 2.24) is 9.55 Å². The molecule has 0 bridgehead atoms. The molecule has 0 fully saturated rings. The van der Waals surface area contributed by atoms with E-state index < -0.39 is 18.5 Å². The zero-order valence-corrected chi connectivity index (χ0v) is 8.23. The van der Waals surface area contributed by atoms with Crippen molar-refractivity contribution in [2.24, 2.45) is 0 Å². The highest BCUT2D eigenvalue weighted by atomic mass is 19.3. The summed E-state index contributed by atoms with van der Waals surface area (Å²) in [6, 6.07) is 4.62. The Hall–Kier alpha value is -1.98. The lowest BCUT2D eigenvalue weighted by atomic mass is 10.2. The van der Waals surface area contributed by atoms with Crippen LogP contribution in [0, 0.1) is 0 Å². The fourth-order valence-corrected chi connectivity index (χ4v) is 1.46. The molecule has 2 rings (SSSR count). The van der Waals surface area contributed by atoms with Crippen LogP contribution in [0.5, 0.6) is 0 Å². The van der Waals surface area contributed by atoms with Crippen molar-refractivity contribution < 1.29 is 8.78 Å². The highest BCUT2D eigenvalue weighted by molar-refractivity contribution is 5.80. The van der Waals surface area contributed by atoms with Gasteiger partial charge in [-0.25, -0.2) is 13.8 Å². The number of rotatable bonds is 2. The van der Waals surface area contributed by atoms with Gasteiger partial charge in [0.25, 0.3) is 12.0 Å². The lowest BCUT2D eigenvalue weighted by Gasteiger charge is -2.05. The second-order valence-electron chi connectivity index (χ2n) is 3.37. The van der Waals surface area contributed by atoms with E-state index in [4.69, 9.17) is 5.73 Å². The zero-order valence-electron chi connectivity index (χ0n) is 8.23. The highest BCUT2D eigenvalue weighted by Crippen LogP contribution is 2.11. The second-order valence-corrected chi connectivity index (χ2v) is 3.37. The van der Waals surface area contributed by atoms with Gasteiger partial charge in [-0.1, -0.05) is 0 Å². The summed E-state index contributed by atoms with van der Waals surface area (Å²) < 4.78 is 25.2. The molecule has 0 atom stereocenters. The summed E-state index contributed by atoms with van der Waals surface area (Å²) in [5.41, 5.74) is 5.87. The van der Waals surface area contributed by atoms with Gasteiger partial charge in [-0.15, -0.1) is 0 Å². The molecule has 0 radical (unpaired) electrons. The summed E-state index contributed by atoms with van der Waals surface area (Å²) in [6.07, 6.45) is -1.47. The molecule has 0 aliphatic carbocycles. The Kier molecular flexibility index (Phi) is 2.55. The van der Waals surface area contributed by atoms with Crippen LogP contribution in [0.1, 0.15) is 0 Å². The van der Waals surface area contributed by atoms with Gasteiger partial charge in [0.1, 0.15) is 0 Å². The monoisotopic (exact) mass is 225 g/mol. The molecule has 1 aromatic heterocycles. The first kappa shape index (κ1) is 10.5. The number of nitrogen functional groups attached to an aromatic ring is 1. The van der Waals surface area contributed by atoms with Crippen molar-refractivity contribution >= 4 is 16.6 Å². The smallest absolute Gasteiger partial charge is 0.261 e. The molecule has 2 aromatic rings. The lowest BCUT2D eigenvalue weighted by molar-refractivity contribution is 0.125. The number of nitrogens with zero attached hydrogens (tertiary/aromatic N) is 2. The van der Waals surface area contributed by atoms with Crippen molar-refractivity contribution in [3.63, 3.8) is 0 Å². The van der Waals surface area contributed by atoms with E-state index in [0.717, 1.165) is 10.9 Å². The molecule has 0 spiro atoms. The average molecular weight is 225 g/mol. The molecule has 6 heteroatoms. The van der Waals surface area contributed by atoms with E-state index in [0.29, 0.717) is 11.2 Å². The number of halogens is 2. The number of nitrogens with two attached hydrogens (primary N) is 1.